The van der Waals surface area contributed by atoms with Gasteiger partial charge in [-0.2, -0.15) is 0 Å². The summed E-state index contributed by atoms with van der Waals surface area (Å²) in [6.07, 6.45) is 0. The fourth-order valence-electron chi connectivity index (χ4n) is 2.73. The molecule has 0 aliphatic carbocycles. The minimum Gasteiger partial charge on any atom is -0.378 e. The van der Waals surface area contributed by atoms with E-state index in [-0.39, 0.29) is 23.7 Å². The summed E-state index contributed by atoms with van der Waals surface area (Å²) < 4.78 is 5.28. The molecule has 0 bridgehead atoms. The van der Waals surface area contributed by atoms with E-state index in [1.54, 1.807) is 7.05 Å². The molecular formula is C11H15N3O3. The van der Waals surface area contributed by atoms with E-state index in [9.17, 15) is 9.59 Å². The summed E-state index contributed by atoms with van der Waals surface area (Å²) >= 11 is 0. The lowest BCUT2D eigenvalue weighted by atomic mass is 9.96. The van der Waals surface area contributed by atoms with Gasteiger partial charge in [0.25, 0.3) is 0 Å². The van der Waals surface area contributed by atoms with Gasteiger partial charge in [-0.15, -0.1) is 0 Å². The van der Waals surface area contributed by atoms with Gasteiger partial charge < -0.3 is 9.64 Å². The van der Waals surface area contributed by atoms with Crippen LogP contribution in [0.4, 0.5) is 0 Å². The highest BCUT2D eigenvalue weighted by Crippen LogP contribution is 2.32. The first-order chi connectivity index (χ1) is 8.20. The average Bonchev–Trinajstić information content (AvgIpc) is 2.88. The van der Waals surface area contributed by atoms with Crippen LogP contribution in [0, 0.1) is 11.8 Å². The number of likely N-dealkylation sites (tertiary alicyclic amines) is 1. The van der Waals surface area contributed by atoms with E-state index in [1.807, 2.05) is 0 Å². The molecule has 0 radical (unpaired) electrons. The SMILES string of the molecule is CN1C(=O)C2CN=C(N3CCOCC3)C2C1=O. The summed E-state index contributed by atoms with van der Waals surface area (Å²) in [6.45, 7) is 3.29. The minimum atomic E-state index is -0.342. The normalized spacial score (nSPS) is 33.1. The molecular weight excluding hydrogens is 222 g/mol. The molecule has 3 heterocycles. The van der Waals surface area contributed by atoms with Crippen LogP contribution in [0.2, 0.25) is 0 Å². The number of amides is 2. The first-order valence-corrected chi connectivity index (χ1v) is 5.88. The van der Waals surface area contributed by atoms with Gasteiger partial charge in [0, 0.05) is 20.1 Å². The molecule has 92 valence electrons. The van der Waals surface area contributed by atoms with E-state index in [2.05, 4.69) is 9.89 Å². The van der Waals surface area contributed by atoms with Crippen LogP contribution in [-0.2, 0) is 14.3 Å². The third kappa shape index (κ3) is 1.47. The highest BCUT2D eigenvalue weighted by Gasteiger charge is 2.52. The highest BCUT2D eigenvalue weighted by atomic mass is 16.5. The van der Waals surface area contributed by atoms with E-state index < -0.39 is 0 Å². The molecule has 2 fully saturated rings. The Balaban J connectivity index is 1.84. The molecule has 0 N–H and O–H groups in total. The van der Waals surface area contributed by atoms with Crippen molar-refractivity contribution in [2.45, 2.75) is 0 Å². The zero-order chi connectivity index (χ0) is 12.0. The Hall–Kier alpha value is -1.43. The van der Waals surface area contributed by atoms with Crippen molar-refractivity contribution in [3.8, 4) is 0 Å². The minimum absolute atomic E-state index is 0.0907. The van der Waals surface area contributed by atoms with Crippen molar-refractivity contribution in [2.24, 2.45) is 16.8 Å². The van der Waals surface area contributed by atoms with Crippen LogP contribution < -0.4 is 0 Å². The number of fused-ring (bicyclic) bond motifs is 1. The molecule has 0 spiro atoms. The van der Waals surface area contributed by atoms with Gasteiger partial charge in [-0.1, -0.05) is 0 Å². The van der Waals surface area contributed by atoms with Crippen molar-refractivity contribution < 1.29 is 14.3 Å². The Kier molecular flexibility index (Phi) is 2.39. The third-order valence-corrected chi connectivity index (χ3v) is 3.71. The molecule has 0 saturated carbocycles. The number of morpholine rings is 1. The van der Waals surface area contributed by atoms with Crippen molar-refractivity contribution in [3.63, 3.8) is 0 Å². The van der Waals surface area contributed by atoms with Crippen LogP contribution in [0.25, 0.3) is 0 Å². The van der Waals surface area contributed by atoms with Crippen molar-refractivity contribution in [1.29, 1.82) is 0 Å². The number of nitrogens with zero attached hydrogens (tertiary/aromatic N) is 3. The fourth-order valence-corrected chi connectivity index (χ4v) is 2.73. The van der Waals surface area contributed by atoms with Gasteiger partial charge in [-0.25, -0.2) is 0 Å². The lowest BCUT2D eigenvalue weighted by Gasteiger charge is -2.30. The second-order valence-electron chi connectivity index (χ2n) is 4.62. The quantitative estimate of drug-likeness (QED) is 0.505. The number of rotatable bonds is 0. The van der Waals surface area contributed by atoms with Crippen molar-refractivity contribution in [3.05, 3.63) is 0 Å². The standard InChI is InChI=1S/C11H15N3O3/c1-13-10(15)7-6-12-9(8(7)11(13)16)14-2-4-17-5-3-14/h7-8H,2-6H2,1H3. The summed E-state index contributed by atoms with van der Waals surface area (Å²) in [6, 6.07) is 0. The first-order valence-electron chi connectivity index (χ1n) is 5.88. The van der Waals surface area contributed by atoms with E-state index in [1.165, 1.54) is 4.90 Å². The maximum absolute atomic E-state index is 12.0. The second-order valence-corrected chi connectivity index (χ2v) is 4.62. The molecule has 6 nitrogen and oxygen atoms in total. The topological polar surface area (TPSA) is 62.2 Å². The van der Waals surface area contributed by atoms with E-state index in [4.69, 9.17) is 4.74 Å². The Morgan fingerprint density at radius 2 is 1.94 bits per heavy atom. The van der Waals surface area contributed by atoms with Gasteiger partial charge in [-0.3, -0.25) is 19.5 Å². The second kappa shape index (κ2) is 3.80. The summed E-state index contributed by atoms with van der Waals surface area (Å²) in [5, 5.41) is 0. The zero-order valence-electron chi connectivity index (χ0n) is 9.76. The summed E-state index contributed by atoms with van der Waals surface area (Å²) in [5.74, 6) is -0.00769. The first kappa shape index (κ1) is 10.7. The Morgan fingerprint density at radius 3 is 2.65 bits per heavy atom. The average molecular weight is 237 g/mol. The molecule has 2 amide bonds. The Morgan fingerprint density at radius 1 is 1.24 bits per heavy atom. The molecule has 2 atom stereocenters. The number of imide groups is 1. The predicted molar refractivity (Wildman–Crippen MR) is 59.5 cm³/mol. The summed E-state index contributed by atoms with van der Waals surface area (Å²) in [5.41, 5.74) is 0. The van der Waals surface area contributed by atoms with Crippen molar-refractivity contribution >= 4 is 17.6 Å². The van der Waals surface area contributed by atoms with E-state index in [0.717, 1.165) is 18.9 Å². The monoisotopic (exact) mass is 237 g/mol. The molecule has 17 heavy (non-hydrogen) atoms. The van der Waals surface area contributed by atoms with Gasteiger partial charge >= 0.3 is 0 Å². The predicted octanol–water partition coefficient (Wildman–Crippen LogP) is -1.04. The molecule has 0 aromatic carbocycles. The lowest BCUT2D eigenvalue weighted by Crippen LogP contribution is -2.45. The molecule has 3 aliphatic rings. The van der Waals surface area contributed by atoms with Gasteiger partial charge in [0.1, 0.15) is 11.8 Å². The van der Waals surface area contributed by atoms with Crippen LogP contribution >= 0.6 is 0 Å². The molecule has 6 heteroatoms. The number of ether oxygens (including phenoxy) is 1. The van der Waals surface area contributed by atoms with Gasteiger partial charge in [0.05, 0.1) is 25.7 Å². The summed E-state index contributed by atoms with van der Waals surface area (Å²) in [4.78, 5) is 31.6. The van der Waals surface area contributed by atoms with Gasteiger partial charge in [-0.05, 0) is 0 Å². The molecule has 2 unspecified atom stereocenters. The largest absolute Gasteiger partial charge is 0.378 e. The molecule has 3 rings (SSSR count). The zero-order valence-corrected chi connectivity index (χ0v) is 9.76. The fraction of sp³-hybridized carbons (Fsp3) is 0.727. The number of hydrogen-bond acceptors (Lipinski definition) is 5. The number of hydrogen-bond donors (Lipinski definition) is 0. The van der Waals surface area contributed by atoms with Crippen LogP contribution in [0.15, 0.2) is 4.99 Å². The number of carbonyl (C=O) groups excluding carboxylic acids is 2. The molecule has 0 aromatic heterocycles. The number of carbonyl (C=O) groups is 2. The summed E-state index contributed by atoms with van der Waals surface area (Å²) in [7, 11) is 1.56. The smallest absolute Gasteiger partial charge is 0.240 e. The number of amidine groups is 1. The van der Waals surface area contributed by atoms with E-state index in [0.29, 0.717) is 19.8 Å². The maximum Gasteiger partial charge on any atom is 0.240 e. The van der Waals surface area contributed by atoms with Gasteiger partial charge in [0.15, 0.2) is 0 Å². The third-order valence-electron chi connectivity index (χ3n) is 3.71. The highest BCUT2D eigenvalue weighted by molar-refractivity contribution is 6.17. The van der Waals surface area contributed by atoms with Crippen molar-refractivity contribution in [2.75, 3.05) is 39.9 Å². The molecule has 3 aliphatic heterocycles. The van der Waals surface area contributed by atoms with Crippen LogP contribution in [0.5, 0.6) is 0 Å². The number of aliphatic imine (C=N–C) groups is 1. The van der Waals surface area contributed by atoms with Crippen molar-refractivity contribution in [1.82, 2.24) is 9.80 Å². The lowest BCUT2D eigenvalue weighted by molar-refractivity contribution is -0.137. The van der Waals surface area contributed by atoms with E-state index >= 15 is 0 Å². The van der Waals surface area contributed by atoms with Crippen LogP contribution in [0.1, 0.15) is 0 Å². The maximum atomic E-state index is 12.0. The van der Waals surface area contributed by atoms with Crippen LogP contribution in [-0.4, -0.2) is 67.3 Å². The van der Waals surface area contributed by atoms with Crippen LogP contribution in [0.3, 0.4) is 0 Å². The molecule has 2 saturated heterocycles. The Labute approximate surface area is 99.2 Å². The molecule has 0 aromatic rings. The van der Waals surface area contributed by atoms with Gasteiger partial charge in [0.2, 0.25) is 11.8 Å². The Bertz CT molecular complexity index is 401.